The summed E-state index contributed by atoms with van der Waals surface area (Å²) in [5.74, 6) is 0.852. The third-order valence-corrected chi connectivity index (χ3v) is 6.04. The van der Waals surface area contributed by atoms with Crippen molar-refractivity contribution in [3.63, 3.8) is 0 Å². The van der Waals surface area contributed by atoms with Gasteiger partial charge in [-0.15, -0.1) is 0 Å². The van der Waals surface area contributed by atoms with Crippen LogP contribution < -0.4 is 5.32 Å². The molecule has 2 aliphatic heterocycles. The summed E-state index contributed by atoms with van der Waals surface area (Å²) in [6.45, 7) is 7.10. The molecule has 3 heterocycles. The van der Waals surface area contributed by atoms with Crippen LogP contribution in [0.1, 0.15) is 45.4 Å². The zero-order valence-electron chi connectivity index (χ0n) is 16.5. The summed E-state index contributed by atoms with van der Waals surface area (Å²) in [5, 5.41) is 7.22. The predicted molar refractivity (Wildman–Crippen MR) is 104 cm³/mol. The van der Waals surface area contributed by atoms with E-state index in [1.807, 2.05) is 17.2 Å². The average molecular weight is 376 g/mol. The van der Waals surface area contributed by atoms with E-state index in [1.165, 1.54) is 12.8 Å². The summed E-state index contributed by atoms with van der Waals surface area (Å²) in [6, 6.07) is 2.35. The van der Waals surface area contributed by atoms with Crippen LogP contribution in [0.2, 0.25) is 0 Å². The molecule has 1 aromatic heterocycles. The average Bonchev–Trinajstić information content (AvgIpc) is 3.36. The number of nitrogens with one attached hydrogen (secondary N) is 1. The van der Waals surface area contributed by atoms with Crippen LogP contribution in [0.4, 0.5) is 0 Å². The van der Waals surface area contributed by atoms with E-state index in [9.17, 15) is 9.59 Å². The normalized spacial score (nSPS) is 21.5. The van der Waals surface area contributed by atoms with Crippen molar-refractivity contribution in [2.45, 2.75) is 58.0 Å². The highest BCUT2D eigenvalue weighted by Gasteiger charge is 2.25. The number of nitrogens with zero attached hydrogens (tertiary/aromatic N) is 4. The van der Waals surface area contributed by atoms with E-state index in [2.05, 4.69) is 22.2 Å². The van der Waals surface area contributed by atoms with Gasteiger partial charge in [0.05, 0.1) is 0 Å². The van der Waals surface area contributed by atoms with Gasteiger partial charge in [0.2, 0.25) is 11.8 Å². The molecule has 0 saturated carbocycles. The van der Waals surface area contributed by atoms with Crippen molar-refractivity contribution in [1.29, 1.82) is 0 Å². The number of rotatable bonds is 8. The standard InChI is InChI=1S/C20H33N5O2/c1-2-23-11-3-5-18(23)15-21-19(26)7-6-17-8-13-24(14-9-17)20(27)16-25-12-4-10-22-25/h4,10,12,17-18H,2-3,5-9,11,13-16H2,1H3,(H,21,26)/t18-/m1/s1. The van der Waals surface area contributed by atoms with Crippen LogP contribution in [-0.2, 0) is 16.1 Å². The molecule has 3 rings (SSSR count). The van der Waals surface area contributed by atoms with Crippen molar-refractivity contribution < 1.29 is 9.59 Å². The summed E-state index contributed by atoms with van der Waals surface area (Å²) in [7, 11) is 0. The van der Waals surface area contributed by atoms with Crippen LogP contribution in [0.3, 0.4) is 0 Å². The minimum absolute atomic E-state index is 0.131. The Hall–Kier alpha value is -1.89. The second-order valence-corrected chi connectivity index (χ2v) is 7.80. The van der Waals surface area contributed by atoms with Gasteiger partial charge in [-0.25, -0.2) is 0 Å². The van der Waals surface area contributed by atoms with Gasteiger partial charge < -0.3 is 10.2 Å². The summed E-state index contributed by atoms with van der Waals surface area (Å²) in [6.07, 6.45) is 9.45. The van der Waals surface area contributed by atoms with E-state index in [0.29, 0.717) is 24.9 Å². The fourth-order valence-electron chi connectivity index (χ4n) is 4.30. The Balaban J connectivity index is 1.30. The molecule has 1 N–H and O–H groups in total. The van der Waals surface area contributed by atoms with Crippen molar-refractivity contribution in [2.75, 3.05) is 32.7 Å². The lowest BCUT2D eigenvalue weighted by atomic mass is 9.92. The molecule has 0 aromatic carbocycles. The van der Waals surface area contributed by atoms with Gasteiger partial charge in [0.1, 0.15) is 6.54 Å². The summed E-state index contributed by atoms with van der Waals surface area (Å²) < 4.78 is 1.67. The number of aromatic nitrogens is 2. The Bertz CT molecular complexity index is 596. The largest absolute Gasteiger partial charge is 0.355 e. The Labute approximate surface area is 162 Å². The van der Waals surface area contributed by atoms with Gasteiger partial charge in [-0.3, -0.25) is 19.2 Å². The predicted octanol–water partition coefficient (Wildman–Crippen LogP) is 1.50. The van der Waals surface area contributed by atoms with E-state index in [4.69, 9.17) is 0 Å². The van der Waals surface area contributed by atoms with E-state index >= 15 is 0 Å². The first kappa shape index (κ1) is 19.9. The molecule has 0 spiro atoms. The van der Waals surface area contributed by atoms with Gasteiger partial charge in [0.15, 0.2) is 0 Å². The maximum atomic E-state index is 12.3. The van der Waals surface area contributed by atoms with Gasteiger partial charge in [0, 0.05) is 44.5 Å². The molecule has 2 aliphatic rings. The number of likely N-dealkylation sites (N-methyl/N-ethyl adjacent to an activating group) is 1. The first-order valence-electron chi connectivity index (χ1n) is 10.4. The molecule has 7 heteroatoms. The number of carbonyl (C=O) groups excluding carboxylic acids is 2. The molecule has 2 saturated heterocycles. The minimum Gasteiger partial charge on any atom is -0.355 e. The Morgan fingerprint density at radius 2 is 2.00 bits per heavy atom. The van der Waals surface area contributed by atoms with Gasteiger partial charge in [-0.1, -0.05) is 6.92 Å². The molecule has 2 amide bonds. The molecule has 0 bridgehead atoms. The molecule has 27 heavy (non-hydrogen) atoms. The van der Waals surface area contributed by atoms with Gasteiger partial charge in [-0.05, 0) is 57.2 Å². The molecule has 1 atom stereocenters. The smallest absolute Gasteiger partial charge is 0.244 e. The van der Waals surface area contributed by atoms with Crippen molar-refractivity contribution in [2.24, 2.45) is 5.92 Å². The van der Waals surface area contributed by atoms with Crippen LogP contribution in [0.25, 0.3) is 0 Å². The van der Waals surface area contributed by atoms with Crippen LogP contribution >= 0.6 is 0 Å². The fraction of sp³-hybridized carbons (Fsp3) is 0.750. The number of piperidine rings is 1. The lowest BCUT2D eigenvalue weighted by molar-refractivity contribution is -0.133. The lowest BCUT2D eigenvalue weighted by Gasteiger charge is -2.32. The zero-order valence-corrected chi connectivity index (χ0v) is 16.5. The second-order valence-electron chi connectivity index (χ2n) is 7.80. The lowest BCUT2D eigenvalue weighted by Crippen LogP contribution is -2.41. The number of carbonyl (C=O) groups is 2. The van der Waals surface area contributed by atoms with Gasteiger partial charge >= 0.3 is 0 Å². The third-order valence-electron chi connectivity index (χ3n) is 6.04. The van der Waals surface area contributed by atoms with Gasteiger partial charge in [0.25, 0.3) is 0 Å². The summed E-state index contributed by atoms with van der Waals surface area (Å²) >= 11 is 0. The van der Waals surface area contributed by atoms with Crippen LogP contribution in [-0.4, -0.2) is 70.2 Å². The molecule has 150 valence electrons. The van der Waals surface area contributed by atoms with E-state index < -0.39 is 0 Å². The molecule has 0 aliphatic carbocycles. The molecule has 0 radical (unpaired) electrons. The topological polar surface area (TPSA) is 70.5 Å². The highest BCUT2D eigenvalue weighted by molar-refractivity contribution is 5.76. The van der Waals surface area contributed by atoms with Gasteiger partial charge in [-0.2, -0.15) is 5.10 Å². The second kappa shape index (κ2) is 9.88. The van der Waals surface area contributed by atoms with Crippen LogP contribution in [0.15, 0.2) is 18.5 Å². The molecule has 7 nitrogen and oxygen atoms in total. The molecular formula is C20H33N5O2. The first-order valence-corrected chi connectivity index (χ1v) is 10.4. The quantitative estimate of drug-likeness (QED) is 0.748. The molecule has 0 unspecified atom stereocenters. The van der Waals surface area contributed by atoms with E-state index in [1.54, 1.807) is 10.9 Å². The zero-order chi connectivity index (χ0) is 19.1. The Morgan fingerprint density at radius 3 is 2.70 bits per heavy atom. The van der Waals surface area contributed by atoms with Crippen molar-refractivity contribution in [3.05, 3.63) is 18.5 Å². The number of hydrogen-bond acceptors (Lipinski definition) is 4. The number of amides is 2. The Morgan fingerprint density at radius 1 is 1.19 bits per heavy atom. The highest BCUT2D eigenvalue weighted by atomic mass is 16.2. The molecule has 1 aromatic rings. The SMILES string of the molecule is CCN1CCC[C@@H]1CNC(=O)CCC1CCN(C(=O)Cn2cccn2)CC1. The van der Waals surface area contributed by atoms with Crippen molar-refractivity contribution in [3.8, 4) is 0 Å². The van der Waals surface area contributed by atoms with Crippen LogP contribution in [0.5, 0.6) is 0 Å². The summed E-state index contributed by atoms with van der Waals surface area (Å²) in [5.41, 5.74) is 0. The monoisotopic (exact) mass is 375 g/mol. The highest BCUT2D eigenvalue weighted by Crippen LogP contribution is 2.22. The van der Waals surface area contributed by atoms with Crippen LogP contribution in [0, 0.1) is 5.92 Å². The van der Waals surface area contributed by atoms with Crippen molar-refractivity contribution in [1.82, 2.24) is 24.9 Å². The van der Waals surface area contributed by atoms with Crippen molar-refractivity contribution >= 4 is 11.8 Å². The number of likely N-dealkylation sites (tertiary alicyclic amines) is 2. The Kier molecular flexibility index (Phi) is 7.26. The maximum absolute atomic E-state index is 12.3. The molecule has 2 fully saturated rings. The van der Waals surface area contributed by atoms with E-state index in [0.717, 1.165) is 52.0 Å². The molecular weight excluding hydrogens is 342 g/mol. The number of hydrogen-bond donors (Lipinski definition) is 1. The summed E-state index contributed by atoms with van der Waals surface area (Å²) in [4.78, 5) is 28.9. The first-order chi connectivity index (χ1) is 13.2. The fourth-order valence-corrected chi connectivity index (χ4v) is 4.30. The maximum Gasteiger partial charge on any atom is 0.244 e. The minimum atomic E-state index is 0.131. The van der Waals surface area contributed by atoms with E-state index in [-0.39, 0.29) is 11.8 Å². The third kappa shape index (κ3) is 5.79.